The van der Waals surface area contributed by atoms with Gasteiger partial charge in [0, 0.05) is 0 Å². The standard InChI is InChI=1S/C19H33NO/c1-4-6-10-14-19(21,15-11-7-5-2)18(20)17-13-9-8-12-16(17)3/h8-9,12-13,18,21H,4-7,10-11,14-15,20H2,1-3H3/t18-/m1/s1. The minimum absolute atomic E-state index is 0.285. The number of benzene rings is 1. The second kappa shape index (κ2) is 9.22. The lowest BCUT2D eigenvalue weighted by molar-refractivity contribution is -0.00778. The first-order valence-electron chi connectivity index (χ1n) is 8.58. The van der Waals surface area contributed by atoms with Gasteiger partial charge in [0.05, 0.1) is 11.6 Å². The molecule has 1 rings (SSSR count). The molecule has 0 spiro atoms. The van der Waals surface area contributed by atoms with E-state index in [1.807, 2.05) is 12.1 Å². The van der Waals surface area contributed by atoms with E-state index in [9.17, 15) is 5.11 Å². The van der Waals surface area contributed by atoms with Crippen LogP contribution in [0.1, 0.15) is 82.4 Å². The molecular weight excluding hydrogens is 258 g/mol. The summed E-state index contributed by atoms with van der Waals surface area (Å²) < 4.78 is 0. The Morgan fingerprint density at radius 1 is 1.00 bits per heavy atom. The molecule has 120 valence electrons. The van der Waals surface area contributed by atoms with Crippen LogP contribution >= 0.6 is 0 Å². The molecule has 0 aliphatic rings. The van der Waals surface area contributed by atoms with E-state index in [0.29, 0.717) is 0 Å². The van der Waals surface area contributed by atoms with Crippen LogP contribution in [-0.2, 0) is 0 Å². The Hall–Kier alpha value is -0.860. The zero-order valence-corrected chi connectivity index (χ0v) is 14.1. The molecule has 3 N–H and O–H groups in total. The fourth-order valence-corrected chi connectivity index (χ4v) is 3.02. The van der Waals surface area contributed by atoms with Crippen molar-refractivity contribution in [2.45, 2.75) is 83.8 Å². The van der Waals surface area contributed by atoms with E-state index in [1.165, 1.54) is 18.4 Å². The number of unbranched alkanes of at least 4 members (excludes halogenated alkanes) is 4. The molecule has 0 saturated heterocycles. The highest BCUT2D eigenvalue weighted by Crippen LogP contribution is 2.34. The van der Waals surface area contributed by atoms with Gasteiger partial charge in [-0.2, -0.15) is 0 Å². The Morgan fingerprint density at radius 3 is 2.00 bits per heavy atom. The molecule has 0 heterocycles. The van der Waals surface area contributed by atoms with Crippen LogP contribution in [0.25, 0.3) is 0 Å². The molecule has 2 nitrogen and oxygen atoms in total. The molecule has 0 fully saturated rings. The SMILES string of the molecule is CCCCCC(O)(CCCCC)[C@H](N)c1ccccc1C. The summed E-state index contributed by atoms with van der Waals surface area (Å²) in [6.45, 7) is 6.46. The van der Waals surface area contributed by atoms with E-state index in [0.717, 1.165) is 44.1 Å². The smallest absolute Gasteiger partial charge is 0.0839 e. The largest absolute Gasteiger partial charge is 0.388 e. The highest BCUT2D eigenvalue weighted by molar-refractivity contribution is 5.30. The number of hydrogen-bond acceptors (Lipinski definition) is 2. The van der Waals surface area contributed by atoms with Gasteiger partial charge >= 0.3 is 0 Å². The third-order valence-corrected chi connectivity index (χ3v) is 4.53. The van der Waals surface area contributed by atoms with E-state index in [1.54, 1.807) is 0 Å². The molecule has 0 unspecified atom stereocenters. The Balaban J connectivity index is 2.85. The molecule has 0 aromatic heterocycles. The van der Waals surface area contributed by atoms with Crippen LogP contribution < -0.4 is 5.73 Å². The Kier molecular flexibility index (Phi) is 7.98. The fraction of sp³-hybridized carbons (Fsp3) is 0.684. The second-order valence-corrected chi connectivity index (χ2v) is 6.35. The van der Waals surface area contributed by atoms with E-state index < -0.39 is 5.60 Å². The molecule has 21 heavy (non-hydrogen) atoms. The number of aryl methyl sites for hydroxylation is 1. The Morgan fingerprint density at radius 2 is 1.52 bits per heavy atom. The van der Waals surface area contributed by atoms with E-state index in [2.05, 4.69) is 32.9 Å². The number of hydrogen-bond donors (Lipinski definition) is 2. The van der Waals surface area contributed by atoms with Crippen LogP contribution in [0.5, 0.6) is 0 Å². The van der Waals surface area contributed by atoms with Crippen molar-refractivity contribution in [3.63, 3.8) is 0 Å². The predicted molar refractivity (Wildman–Crippen MR) is 91.3 cm³/mol. The second-order valence-electron chi connectivity index (χ2n) is 6.35. The van der Waals surface area contributed by atoms with E-state index >= 15 is 0 Å². The van der Waals surface area contributed by atoms with Crippen molar-refractivity contribution in [3.8, 4) is 0 Å². The van der Waals surface area contributed by atoms with Crippen molar-refractivity contribution in [1.82, 2.24) is 0 Å². The van der Waals surface area contributed by atoms with E-state index in [4.69, 9.17) is 5.73 Å². The maximum Gasteiger partial charge on any atom is 0.0839 e. The van der Waals surface area contributed by atoms with Crippen molar-refractivity contribution in [2.24, 2.45) is 5.73 Å². The van der Waals surface area contributed by atoms with Gasteiger partial charge in [-0.3, -0.25) is 0 Å². The summed E-state index contributed by atoms with van der Waals surface area (Å²) in [6.07, 6.45) is 8.39. The molecule has 0 radical (unpaired) electrons. The highest BCUT2D eigenvalue weighted by Gasteiger charge is 2.34. The van der Waals surface area contributed by atoms with Gasteiger partial charge in [-0.1, -0.05) is 76.6 Å². The molecule has 2 heteroatoms. The van der Waals surface area contributed by atoms with Crippen molar-refractivity contribution < 1.29 is 5.11 Å². The lowest BCUT2D eigenvalue weighted by atomic mass is 9.79. The lowest BCUT2D eigenvalue weighted by Gasteiger charge is -2.35. The zero-order chi connectivity index (χ0) is 15.7. The van der Waals surface area contributed by atoms with Gasteiger partial charge in [0.2, 0.25) is 0 Å². The molecule has 0 amide bonds. The van der Waals surface area contributed by atoms with Gasteiger partial charge in [0.25, 0.3) is 0 Å². The van der Waals surface area contributed by atoms with Crippen LogP contribution in [0.15, 0.2) is 24.3 Å². The van der Waals surface area contributed by atoms with Crippen LogP contribution in [0.3, 0.4) is 0 Å². The summed E-state index contributed by atoms with van der Waals surface area (Å²) in [5.41, 5.74) is 7.99. The van der Waals surface area contributed by atoms with Gasteiger partial charge in [0.1, 0.15) is 0 Å². The molecule has 1 aromatic carbocycles. The van der Waals surface area contributed by atoms with Crippen LogP contribution in [0.2, 0.25) is 0 Å². The molecule has 1 atom stereocenters. The molecular formula is C19H33NO. The third-order valence-electron chi connectivity index (χ3n) is 4.53. The number of nitrogens with two attached hydrogens (primary N) is 1. The van der Waals surface area contributed by atoms with Crippen LogP contribution in [0.4, 0.5) is 0 Å². The first kappa shape index (κ1) is 18.2. The summed E-state index contributed by atoms with van der Waals surface area (Å²) in [5, 5.41) is 11.2. The molecule has 0 saturated carbocycles. The first-order chi connectivity index (χ1) is 10.0. The summed E-state index contributed by atoms with van der Waals surface area (Å²) in [5.74, 6) is 0. The first-order valence-corrected chi connectivity index (χ1v) is 8.58. The maximum atomic E-state index is 11.2. The normalized spacial score (nSPS) is 13.4. The Bertz CT molecular complexity index is 392. The topological polar surface area (TPSA) is 46.2 Å². The van der Waals surface area contributed by atoms with Crippen molar-refractivity contribution in [1.29, 1.82) is 0 Å². The number of rotatable bonds is 10. The average Bonchev–Trinajstić information content (AvgIpc) is 2.47. The van der Waals surface area contributed by atoms with Gasteiger partial charge < -0.3 is 10.8 Å². The van der Waals surface area contributed by atoms with Gasteiger partial charge in [0.15, 0.2) is 0 Å². The minimum atomic E-state index is -0.767. The van der Waals surface area contributed by atoms with Gasteiger partial charge in [-0.05, 0) is 30.9 Å². The minimum Gasteiger partial charge on any atom is -0.388 e. The fourth-order valence-electron chi connectivity index (χ4n) is 3.02. The monoisotopic (exact) mass is 291 g/mol. The quantitative estimate of drug-likeness (QED) is 0.603. The van der Waals surface area contributed by atoms with Crippen LogP contribution in [-0.4, -0.2) is 10.7 Å². The molecule has 0 aliphatic carbocycles. The van der Waals surface area contributed by atoms with E-state index in [-0.39, 0.29) is 6.04 Å². The Labute approximate surface area is 130 Å². The van der Waals surface area contributed by atoms with Gasteiger partial charge in [-0.15, -0.1) is 0 Å². The average molecular weight is 291 g/mol. The van der Waals surface area contributed by atoms with Crippen molar-refractivity contribution in [3.05, 3.63) is 35.4 Å². The lowest BCUT2D eigenvalue weighted by Crippen LogP contribution is -2.41. The summed E-state index contributed by atoms with van der Waals surface area (Å²) in [4.78, 5) is 0. The van der Waals surface area contributed by atoms with Crippen molar-refractivity contribution in [2.75, 3.05) is 0 Å². The van der Waals surface area contributed by atoms with Crippen LogP contribution in [0, 0.1) is 6.92 Å². The zero-order valence-electron chi connectivity index (χ0n) is 14.1. The molecule has 0 aliphatic heterocycles. The molecule has 0 bridgehead atoms. The third kappa shape index (κ3) is 5.44. The summed E-state index contributed by atoms with van der Waals surface area (Å²) in [7, 11) is 0. The molecule has 1 aromatic rings. The predicted octanol–water partition coefficient (Wildman–Crippen LogP) is 4.89. The summed E-state index contributed by atoms with van der Waals surface area (Å²) in [6, 6.07) is 7.89. The maximum absolute atomic E-state index is 11.2. The van der Waals surface area contributed by atoms with Gasteiger partial charge in [-0.25, -0.2) is 0 Å². The highest BCUT2D eigenvalue weighted by atomic mass is 16.3. The van der Waals surface area contributed by atoms with Crippen molar-refractivity contribution >= 4 is 0 Å². The number of aliphatic hydroxyl groups is 1. The summed E-state index contributed by atoms with van der Waals surface area (Å²) >= 11 is 0.